The highest BCUT2D eigenvalue weighted by Crippen LogP contribution is 2.20. The smallest absolute Gasteiger partial charge is 0.318 e. The summed E-state index contributed by atoms with van der Waals surface area (Å²) in [6.45, 7) is 4.63. The van der Waals surface area contributed by atoms with Crippen molar-refractivity contribution < 1.29 is 13.6 Å². The first-order valence-corrected chi connectivity index (χ1v) is 7.26. The number of aryl methyl sites for hydroxylation is 1. The summed E-state index contributed by atoms with van der Waals surface area (Å²) in [5, 5.41) is 10.5. The van der Waals surface area contributed by atoms with Crippen molar-refractivity contribution in [1.82, 2.24) is 25.0 Å². The summed E-state index contributed by atoms with van der Waals surface area (Å²) < 4.78 is 28.1. The zero-order chi connectivity index (χ0) is 17.0. The highest BCUT2D eigenvalue weighted by atomic mass is 19.2. The molecule has 2 amide bonds. The lowest BCUT2D eigenvalue weighted by Crippen LogP contribution is -2.38. The van der Waals surface area contributed by atoms with Crippen molar-refractivity contribution >= 4 is 6.03 Å². The number of hydrogen-bond acceptors (Lipinski definition) is 3. The van der Waals surface area contributed by atoms with Gasteiger partial charge in [-0.3, -0.25) is 0 Å². The van der Waals surface area contributed by atoms with E-state index in [9.17, 15) is 13.6 Å². The van der Waals surface area contributed by atoms with Crippen LogP contribution in [0, 0.1) is 11.6 Å². The topological polar surface area (TPSA) is 63.1 Å². The average Bonchev–Trinajstić information content (AvgIpc) is 3.01. The fraction of sp³-hybridized carbons (Fsp3) is 0.400. The van der Waals surface area contributed by atoms with E-state index in [2.05, 4.69) is 15.5 Å². The molecule has 8 heteroatoms. The molecule has 0 spiro atoms. The van der Waals surface area contributed by atoms with E-state index in [0.717, 1.165) is 12.1 Å². The third kappa shape index (κ3) is 3.82. The van der Waals surface area contributed by atoms with Gasteiger partial charge in [0, 0.05) is 13.6 Å². The summed E-state index contributed by atoms with van der Waals surface area (Å²) in [6.07, 6.45) is 1.59. The summed E-state index contributed by atoms with van der Waals surface area (Å²) in [7, 11) is 1.59. The lowest BCUT2D eigenvalue weighted by molar-refractivity contribution is 0.193. The van der Waals surface area contributed by atoms with Gasteiger partial charge in [0.1, 0.15) is 6.33 Å². The number of amides is 2. The Morgan fingerprint density at radius 2 is 2.13 bits per heavy atom. The van der Waals surface area contributed by atoms with Crippen LogP contribution in [0.25, 0.3) is 0 Å². The summed E-state index contributed by atoms with van der Waals surface area (Å²) in [5.41, 5.74) is 0.512. The maximum Gasteiger partial charge on any atom is 0.318 e. The quantitative estimate of drug-likeness (QED) is 0.919. The molecule has 23 heavy (non-hydrogen) atoms. The van der Waals surface area contributed by atoms with Crippen LogP contribution in [-0.4, -0.2) is 32.7 Å². The van der Waals surface area contributed by atoms with Crippen LogP contribution in [0.15, 0.2) is 24.5 Å². The van der Waals surface area contributed by atoms with E-state index < -0.39 is 17.7 Å². The Labute approximate surface area is 133 Å². The van der Waals surface area contributed by atoms with Gasteiger partial charge in [0.2, 0.25) is 0 Å². The average molecular weight is 323 g/mol. The summed E-state index contributed by atoms with van der Waals surface area (Å²) in [5.74, 6) is -1.19. The van der Waals surface area contributed by atoms with E-state index in [-0.39, 0.29) is 12.6 Å². The minimum atomic E-state index is -0.931. The van der Waals surface area contributed by atoms with Crippen LogP contribution < -0.4 is 5.32 Å². The van der Waals surface area contributed by atoms with Crippen molar-refractivity contribution in [2.24, 2.45) is 0 Å². The minimum Gasteiger partial charge on any atom is -0.331 e. The molecule has 1 unspecified atom stereocenters. The number of nitrogens with zero attached hydrogens (tertiary/aromatic N) is 4. The van der Waals surface area contributed by atoms with Gasteiger partial charge < -0.3 is 14.8 Å². The molecule has 0 saturated carbocycles. The zero-order valence-electron chi connectivity index (χ0n) is 13.3. The second-order valence-electron chi connectivity index (χ2n) is 5.15. The number of carbonyl (C=O) groups is 1. The number of halogens is 2. The Hall–Kier alpha value is -2.51. The summed E-state index contributed by atoms with van der Waals surface area (Å²) in [4.78, 5) is 13.6. The van der Waals surface area contributed by atoms with Gasteiger partial charge in [-0.05, 0) is 31.5 Å². The van der Waals surface area contributed by atoms with Gasteiger partial charge in [-0.1, -0.05) is 6.07 Å². The second kappa shape index (κ2) is 7.17. The highest BCUT2D eigenvalue weighted by Gasteiger charge is 2.19. The molecule has 1 aromatic heterocycles. The number of rotatable bonds is 5. The number of hydrogen-bond donors (Lipinski definition) is 1. The van der Waals surface area contributed by atoms with E-state index >= 15 is 0 Å². The molecule has 1 aromatic carbocycles. The molecule has 0 radical (unpaired) electrons. The maximum atomic E-state index is 13.3. The Morgan fingerprint density at radius 1 is 1.39 bits per heavy atom. The normalized spacial score (nSPS) is 12.0. The van der Waals surface area contributed by atoms with Gasteiger partial charge >= 0.3 is 6.03 Å². The standard InChI is InChI=1S/C15H19F2N5O/c1-4-22-9-19-20-14(22)8-18-15(23)21(3)10(2)11-5-6-12(16)13(17)7-11/h5-7,9-10H,4,8H2,1-3H3,(H,18,23). The Morgan fingerprint density at radius 3 is 2.78 bits per heavy atom. The van der Waals surface area contributed by atoms with Crippen LogP contribution in [-0.2, 0) is 13.1 Å². The first-order chi connectivity index (χ1) is 10.9. The molecular weight excluding hydrogens is 304 g/mol. The third-order valence-corrected chi connectivity index (χ3v) is 3.76. The predicted molar refractivity (Wildman–Crippen MR) is 80.5 cm³/mol. The molecule has 1 atom stereocenters. The van der Waals surface area contributed by atoms with Gasteiger partial charge in [-0.15, -0.1) is 10.2 Å². The molecule has 0 fully saturated rings. The summed E-state index contributed by atoms with van der Waals surface area (Å²) in [6, 6.07) is 2.86. The lowest BCUT2D eigenvalue weighted by atomic mass is 10.1. The van der Waals surface area contributed by atoms with Gasteiger partial charge in [-0.2, -0.15) is 0 Å². The molecular formula is C15H19F2N5O. The van der Waals surface area contributed by atoms with Crippen LogP contribution in [0.5, 0.6) is 0 Å². The number of urea groups is 1. The van der Waals surface area contributed by atoms with Crippen molar-refractivity contribution in [3.63, 3.8) is 0 Å². The number of benzene rings is 1. The van der Waals surface area contributed by atoms with Gasteiger partial charge in [0.25, 0.3) is 0 Å². The van der Waals surface area contributed by atoms with Crippen LogP contribution >= 0.6 is 0 Å². The Balaban J connectivity index is 1.99. The van der Waals surface area contributed by atoms with E-state index in [1.54, 1.807) is 20.3 Å². The molecule has 124 valence electrons. The lowest BCUT2D eigenvalue weighted by Gasteiger charge is -2.25. The fourth-order valence-electron chi connectivity index (χ4n) is 2.13. The Kier molecular flexibility index (Phi) is 5.25. The molecule has 0 saturated heterocycles. The highest BCUT2D eigenvalue weighted by molar-refractivity contribution is 5.74. The van der Waals surface area contributed by atoms with Crippen LogP contribution in [0.3, 0.4) is 0 Å². The molecule has 6 nitrogen and oxygen atoms in total. The molecule has 0 bridgehead atoms. The first-order valence-electron chi connectivity index (χ1n) is 7.26. The number of carbonyl (C=O) groups excluding carboxylic acids is 1. The fourth-order valence-corrected chi connectivity index (χ4v) is 2.13. The number of aromatic nitrogens is 3. The largest absolute Gasteiger partial charge is 0.331 e. The molecule has 1 N–H and O–H groups in total. The van der Waals surface area contributed by atoms with Crippen LogP contribution in [0.1, 0.15) is 31.3 Å². The van der Waals surface area contributed by atoms with E-state index in [1.165, 1.54) is 11.0 Å². The van der Waals surface area contributed by atoms with Crippen molar-refractivity contribution in [3.05, 3.63) is 47.5 Å². The third-order valence-electron chi connectivity index (χ3n) is 3.76. The van der Waals surface area contributed by atoms with Crippen molar-refractivity contribution in [2.45, 2.75) is 33.0 Å². The van der Waals surface area contributed by atoms with Gasteiger partial charge in [-0.25, -0.2) is 13.6 Å². The van der Waals surface area contributed by atoms with Gasteiger partial charge in [0.15, 0.2) is 17.5 Å². The monoisotopic (exact) mass is 323 g/mol. The Bertz CT molecular complexity index is 688. The van der Waals surface area contributed by atoms with E-state index in [4.69, 9.17) is 0 Å². The van der Waals surface area contributed by atoms with Crippen LogP contribution in [0.4, 0.5) is 13.6 Å². The van der Waals surface area contributed by atoms with E-state index in [1.807, 2.05) is 11.5 Å². The predicted octanol–water partition coefficient (Wildman–Crippen LogP) is 2.48. The zero-order valence-corrected chi connectivity index (χ0v) is 13.3. The van der Waals surface area contributed by atoms with Crippen LogP contribution in [0.2, 0.25) is 0 Å². The van der Waals surface area contributed by atoms with Gasteiger partial charge in [0.05, 0.1) is 12.6 Å². The van der Waals surface area contributed by atoms with E-state index in [0.29, 0.717) is 17.9 Å². The summed E-state index contributed by atoms with van der Waals surface area (Å²) >= 11 is 0. The molecule has 0 aliphatic heterocycles. The second-order valence-corrected chi connectivity index (χ2v) is 5.15. The molecule has 2 rings (SSSR count). The SMILES string of the molecule is CCn1cnnc1CNC(=O)N(C)C(C)c1ccc(F)c(F)c1. The molecule has 2 aromatic rings. The van der Waals surface area contributed by atoms with Crippen molar-refractivity contribution in [3.8, 4) is 0 Å². The molecule has 1 heterocycles. The molecule has 0 aliphatic carbocycles. The first kappa shape index (κ1) is 16.9. The number of nitrogens with one attached hydrogen (secondary N) is 1. The molecule has 0 aliphatic rings. The maximum absolute atomic E-state index is 13.3. The van der Waals surface area contributed by atoms with Crippen molar-refractivity contribution in [1.29, 1.82) is 0 Å². The van der Waals surface area contributed by atoms with Crippen molar-refractivity contribution in [2.75, 3.05) is 7.05 Å². The minimum absolute atomic E-state index is 0.238.